The van der Waals surface area contributed by atoms with E-state index in [-0.39, 0.29) is 62.4 Å². The lowest BCUT2D eigenvalue weighted by Gasteiger charge is -2.19. The molecule has 6 aromatic carbocycles. The maximum atomic E-state index is 13.6. The Kier molecular flexibility index (Phi) is 21.3. The van der Waals surface area contributed by atoms with Gasteiger partial charge in [-0.25, -0.2) is 9.59 Å². The van der Waals surface area contributed by atoms with E-state index in [1.807, 2.05) is 153 Å². The number of H-pyrrole nitrogens is 2. The molecule has 408 valence electrons. The van der Waals surface area contributed by atoms with Gasteiger partial charge in [-0.2, -0.15) is 0 Å². The van der Waals surface area contributed by atoms with Crippen LogP contribution in [0.2, 0.25) is 0 Å². The Balaban J connectivity index is 0.000000226. The van der Waals surface area contributed by atoms with Crippen LogP contribution in [0.5, 0.6) is 17.4 Å². The molecule has 2 heterocycles. The highest BCUT2D eigenvalue weighted by atomic mass is 31.2. The number of anilines is 1. The van der Waals surface area contributed by atoms with Crippen molar-refractivity contribution in [1.82, 2.24) is 19.1 Å². The molecule has 0 aliphatic carbocycles. The fraction of sp³-hybridized carbons (Fsp3) is 0.254. The van der Waals surface area contributed by atoms with Crippen LogP contribution < -0.4 is 37.3 Å². The summed E-state index contributed by atoms with van der Waals surface area (Å²) < 4.78 is 65.3. The fourth-order valence-electron chi connectivity index (χ4n) is 7.95. The van der Waals surface area contributed by atoms with Gasteiger partial charge in [-0.1, -0.05) is 140 Å². The quantitative estimate of drug-likeness (QED) is 0.0431. The molecule has 3 N–H and O–H groups in total. The Morgan fingerprint density at radius 3 is 1.40 bits per heavy atom. The van der Waals surface area contributed by atoms with Crippen molar-refractivity contribution in [3.05, 3.63) is 256 Å². The van der Waals surface area contributed by atoms with Gasteiger partial charge in [-0.3, -0.25) is 37.8 Å². The summed E-state index contributed by atoms with van der Waals surface area (Å²) in [5, 5.41) is 3.30. The van der Waals surface area contributed by atoms with Crippen molar-refractivity contribution >= 4 is 20.9 Å². The van der Waals surface area contributed by atoms with E-state index < -0.39 is 32.1 Å². The van der Waals surface area contributed by atoms with Gasteiger partial charge >= 0.3 is 26.6 Å². The van der Waals surface area contributed by atoms with Gasteiger partial charge in [-0.15, -0.1) is 0 Å². The fourth-order valence-corrected chi connectivity index (χ4v) is 10.7. The van der Waals surface area contributed by atoms with Crippen molar-refractivity contribution in [1.29, 1.82) is 0 Å². The van der Waals surface area contributed by atoms with Gasteiger partial charge in [0, 0.05) is 49.1 Å². The van der Waals surface area contributed by atoms with Crippen LogP contribution in [0.25, 0.3) is 0 Å². The van der Waals surface area contributed by atoms with Gasteiger partial charge in [0.05, 0.1) is 50.9 Å². The molecule has 19 heteroatoms. The van der Waals surface area contributed by atoms with Gasteiger partial charge in [0.15, 0.2) is 0 Å². The van der Waals surface area contributed by atoms with Crippen LogP contribution >= 0.6 is 15.2 Å². The predicted molar refractivity (Wildman–Crippen MR) is 303 cm³/mol. The first-order chi connectivity index (χ1) is 37.7. The van der Waals surface area contributed by atoms with Crippen LogP contribution in [0, 0.1) is 13.8 Å². The Morgan fingerprint density at radius 1 is 0.487 bits per heavy atom. The summed E-state index contributed by atoms with van der Waals surface area (Å²) in [5.41, 5.74) is 5.18. The molecule has 0 spiro atoms. The van der Waals surface area contributed by atoms with E-state index in [0.717, 1.165) is 33.5 Å². The molecule has 0 bridgehead atoms. The average molecular weight is 1100 g/mol. The molecule has 0 saturated carbocycles. The summed E-state index contributed by atoms with van der Waals surface area (Å²) in [6.07, 6.45) is 0.693. The van der Waals surface area contributed by atoms with Crippen molar-refractivity contribution in [2.75, 3.05) is 30.8 Å². The van der Waals surface area contributed by atoms with E-state index in [1.165, 1.54) is 4.57 Å². The van der Waals surface area contributed by atoms with E-state index >= 15 is 0 Å². The molecule has 78 heavy (non-hydrogen) atoms. The number of nitrogens with one attached hydrogen (secondary N) is 3. The monoisotopic (exact) mass is 1100 g/mol. The first-order valence-corrected chi connectivity index (χ1v) is 29.0. The molecule has 0 aliphatic heterocycles. The molecular formula is C59H65N5O12P2. The Bertz CT molecular complexity index is 3430. The molecule has 0 aliphatic rings. The lowest BCUT2D eigenvalue weighted by atomic mass is 10.1. The number of hydrogen-bond donors (Lipinski definition) is 3. The number of hydrogen-bond acceptors (Lipinski definition) is 13. The minimum atomic E-state index is -3.51. The second kappa shape index (κ2) is 28.7. The summed E-state index contributed by atoms with van der Waals surface area (Å²) in [5.74, 6) is 1.00. The third kappa shape index (κ3) is 17.2. The number of nitrogens with zero attached hydrogens (tertiary/aromatic N) is 2. The highest BCUT2D eigenvalue weighted by molar-refractivity contribution is 7.54. The highest BCUT2D eigenvalue weighted by Gasteiger charge is 2.27. The number of ether oxygens (including phenoxy) is 2. The molecule has 8 rings (SSSR count). The van der Waals surface area contributed by atoms with E-state index in [4.69, 9.17) is 27.6 Å². The van der Waals surface area contributed by atoms with E-state index in [2.05, 4.69) is 15.3 Å². The number of aromatic nitrogens is 4. The Morgan fingerprint density at radius 2 is 0.923 bits per heavy atom. The van der Waals surface area contributed by atoms with Crippen LogP contribution in [0.1, 0.15) is 58.5 Å². The number of benzene rings is 6. The average Bonchev–Trinajstić information content (AvgIpc) is 3.50. The van der Waals surface area contributed by atoms with Gasteiger partial charge in [0.2, 0.25) is 5.88 Å². The van der Waals surface area contributed by atoms with Crippen LogP contribution in [0.15, 0.2) is 189 Å². The lowest BCUT2D eigenvalue weighted by molar-refractivity contribution is 0.186. The zero-order chi connectivity index (χ0) is 55.3. The van der Waals surface area contributed by atoms with Crippen molar-refractivity contribution < 1.29 is 36.7 Å². The van der Waals surface area contributed by atoms with E-state index in [1.54, 1.807) is 49.6 Å². The molecule has 2 aromatic heterocycles. The molecule has 0 unspecified atom stereocenters. The zero-order valence-corrected chi connectivity index (χ0v) is 45.9. The maximum absolute atomic E-state index is 13.6. The van der Waals surface area contributed by atoms with Crippen molar-refractivity contribution in [3.8, 4) is 17.4 Å². The van der Waals surface area contributed by atoms with Gasteiger partial charge in [0.1, 0.15) is 11.5 Å². The van der Waals surface area contributed by atoms with Crippen LogP contribution in [-0.4, -0.2) is 44.6 Å². The first-order valence-electron chi connectivity index (χ1n) is 25.6. The lowest BCUT2D eigenvalue weighted by Crippen LogP contribution is -2.34. The molecule has 0 fully saturated rings. The Hall–Kier alpha value is -7.62. The molecule has 8 aromatic rings. The van der Waals surface area contributed by atoms with Gasteiger partial charge in [0.25, 0.3) is 11.1 Å². The maximum Gasteiger partial charge on any atom is 0.334 e. The minimum Gasteiger partial charge on any atom is -0.493 e. The Labute approximate surface area is 452 Å². The second-order valence-corrected chi connectivity index (χ2v) is 22.3. The summed E-state index contributed by atoms with van der Waals surface area (Å²) in [4.78, 5) is 53.2. The van der Waals surface area contributed by atoms with E-state index in [9.17, 15) is 28.3 Å². The largest absolute Gasteiger partial charge is 0.493 e. The van der Waals surface area contributed by atoms with Gasteiger partial charge < -0.3 is 32.9 Å². The number of aromatic amines is 2. The van der Waals surface area contributed by atoms with Crippen molar-refractivity contribution in [2.24, 2.45) is 0 Å². The summed E-state index contributed by atoms with van der Waals surface area (Å²) in [6.45, 7) is 8.92. The molecule has 0 atom stereocenters. The second-order valence-electron chi connectivity index (χ2n) is 17.9. The summed E-state index contributed by atoms with van der Waals surface area (Å²) in [7, 11) is -6.91. The van der Waals surface area contributed by atoms with Crippen molar-refractivity contribution in [3.63, 3.8) is 0 Å². The predicted octanol–water partition coefficient (Wildman–Crippen LogP) is 11.2. The standard InChI is InChI=1S/C30H34N3O5P.C29H31N2O7P/c1-3-33-28(23(2)29(34)32-30(33)35)20-24-14-16-27(17-15-24)31-18-19-39(36,37-21-25-10-6-4-7-11-25)38-22-26-12-8-5-9-13-26;1-3-31-28(22(2)27(32)30-29(31)33)38-26-16-10-15-25(19-26)35-17-18-39(34,36-20-23-11-6-4-7-12-23)37-21-24-13-8-5-9-14-24/h4-17,31H,3,18-22H2,1-2H3,(H,32,34,35);4-16,19H,3,17-18,20-21H2,1-2H3,(H,30,32,33). The minimum absolute atomic E-state index is 0.0281. The zero-order valence-electron chi connectivity index (χ0n) is 44.1. The number of rotatable bonds is 26. The van der Waals surface area contributed by atoms with Crippen molar-refractivity contribution in [2.45, 2.75) is 73.6 Å². The molecule has 0 radical (unpaired) electrons. The van der Waals surface area contributed by atoms with E-state index in [0.29, 0.717) is 48.8 Å². The SMILES string of the molecule is CCn1c(Cc2ccc(NCCP(=O)(OCc3ccccc3)OCc3ccccc3)cc2)c(C)c(=O)[nH]c1=O.CCn1c(Oc2cccc(OCCP(=O)(OCc3ccccc3)OCc3ccccc3)c2)c(C)c(=O)[nH]c1=O. The molecule has 17 nitrogen and oxygen atoms in total. The molecular weight excluding hydrogens is 1030 g/mol. The topological polar surface area (TPSA) is 211 Å². The molecule has 0 amide bonds. The summed E-state index contributed by atoms with van der Waals surface area (Å²) >= 11 is 0. The highest BCUT2D eigenvalue weighted by Crippen LogP contribution is 2.50. The third-order valence-corrected chi connectivity index (χ3v) is 15.9. The summed E-state index contributed by atoms with van der Waals surface area (Å²) in [6, 6.07) is 52.6. The first kappa shape index (κ1) is 58.1. The normalized spacial score (nSPS) is 11.4. The molecule has 0 saturated heterocycles. The van der Waals surface area contributed by atoms with Gasteiger partial charge in [-0.05, 0) is 79.8 Å². The van der Waals surface area contributed by atoms with Crippen LogP contribution in [-0.2, 0) is 73.2 Å². The smallest absolute Gasteiger partial charge is 0.334 e. The third-order valence-electron chi connectivity index (χ3n) is 12.3. The van der Waals surface area contributed by atoms with Crippen LogP contribution in [0.3, 0.4) is 0 Å². The van der Waals surface area contributed by atoms with Crippen LogP contribution in [0.4, 0.5) is 5.69 Å².